The number of fused-ring (bicyclic) bond motifs is 5. The smallest absolute Gasteiger partial charge is 0.410 e. The molecule has 0 radical (unpaired) electrons. The lowest BCUT2D eigenvalue weighted by atomic mass is 10.0. The van der Waals surface area contributed by atoms with E-state index in [0.29, 0.717) is 25.7 Å². The third-order valence-electron chi connectivity index (χ3n) is 5.73. The highest BCUT2D eigenvalue weighted by Gasteiger charge is 2.65. The highest BCUT2D eigenvalue weighted by Crippen LogP contribution is 2.65. The van der Waals surface area contributed by atoms with E-state index in [2.05, 4.69) is 10.3 Å². The van der Waals surface area contributed by atoms with Gasteiger partial charge in [-0.3, -0.25) is 9.89 Å². The zero-order valence-corrected chi connectivity index (χ0v) is 13.8. The summed E-state index contributed by atoms with van der Waals surface area (Å²) < 4.78 is 5.47. The molecule has 122 valence electrons. The fourth-order valence-corrected chi connectivity index (χ4v) is 4.90. The quantitative estimate of drug-likeness (QED) is 0.808. The summed E-state index contributed by atoms with van der Waals surface area (Å²) in [7, 11) is 0. The number of amides is 1. The predicted octanol–water partition coefficient (Wildman–Crippen LogP) is 2.27. The second-order valence-electron chi connectivity index (χ2n) is 8.39. The summed E-state index contributed by atoms with van der Waals surface area (Å²) >= 11 is 0. The summed E-state index contributed by atoms with van der Waals surface area (Å²) in [5.74, 6) is 4.67. The molecule has 1 aliphatic heterocycles. The van der Waals surface area contributed by atoms with E-state index in [1.807, 2.05) is 20.8 Å². The molecule has 0 aromatic carbocycles. The van der Waals surface area contributed by atoms with Crippen LogP contribution in [0, 0.1) is 23.7 Å². The highest BCUT2D eigenvalue weighted by atomic mass is 16.6. The molecule has 0 aromatic rings. The molecule has 5 heteroatoms. The second kappa shape index (κ2) is 4.87. The average molecular weight is 305 g/mol. The van der Waals surface area contributed by atoms with E-state index < -0.39 is 5.60 Å². The van der Waals surface area contributed by atoms with Gasteiger partial charge in [0, 0.05) is 12.6 Å². The van der Waals surface area contributed by atoms with Gasteiger partial charge in [0.1, 0.15) is 11.4 Å². The van der Waals surface area contributed by atoms with Crippen LogP contribution in [0.25, 0.3) is 0 Å². The summed E-state index contributed by atoms with van der Waals surface area (Å²) in [6, 6.07) is 0.628. The minimum Gasteiger partial charge on any atom is -0.444 e. The molecule has 2 bridgehead atoms. The second-order valence-corrected chi connectivity index (χ2v) is 8.39. The summed E-state index contributed by atoms with van der Waals surface area (Å²) in [6.45, 7) is 7.62. The van der Waals surface area contributed by atoms with Gasteiger partial charge in [-0.25, -0.2) is 4.79 Å². The van der Waals surface area contributed by atoms with Crippen molar-refractivity contribution in [2.24, 2.45) is 28.7 Å². The molecule has 0 aromatic heterocycles. The molecule has 4 atom stereocenters. The van der Waals surface area contributed by atoms with E-state index >= 15 is 0 Å². The largest absolute Gasteiger partial charge is 0.444 e. The highest BCUT2D eigenvalue weighted by molar-refractivity contribution is 5.88. The third-order valence-corrected chi connectivity index (χ3v) is 5.73. The van der Waals surface area contributed by atoms with Crippen LogP contribution in [0.5, 0.6) is 0 Å². The van der Waals surface area contributed by atoms with Gasteiger partial charge in [0.25, 0.3) is 0 Å². The van der Waals surface area contributed by atoms with E-state index in [4.69, 9.17) is 4.74 Å². The maximum absolute atomic E-state index is 12.2. The Hall–Kier alpha value is -1.26. The Labute approximate surface area is 132 Å². The Kier molecular flexibility index (Phi) is 3.17. The molecule has 4 rings (SSSR count). The zero-order chi connectivity index (χ0) is 15.5. The standard InChI is InChI=1S/C17H27N3O2/c1-17(2,3)22-16(21)20-7-6-18-12(9-20)19-15-13-10-4-5-11(8-10)14(13)15/h10-11,13-15H,4-9H2,1-3H3,(H,18,19). The maximum atomic E-state index is 12.2. The molecule has 5 nitrogen and oxygen atoms in total. The molecule has 3 saturated carbocycles. The number of hydrogen-bond acceptors (Lipinski definition) is 4. The van der Waals surface area contributed by atoms with Crippen molar-refractivity contribution in [3.05, 3.63) is 0 Å². The summed E-state index contributed by atoms with van der Waals surface area (Å²) in [5.41, 5.74) is -0.439. The van der Waals surface area contributed by atoms with Crippen LogP contribution in [0.3, 0.4) is 0 Å². The molecule has 22 heavy (non-hydrogen) atoms. The molecule has 1 heterocycles. The summed E-state index contributed by atoms with van der Waals surface area (Å²) in [4.78, 5) is 18.6. The van der Waals surface area contributed by atoms with Crippen molar-refractivity contribution < 1.29 is 9.53 Å². The molecule has 0 spiro atoms. The number of nitrogens with zero attached hydrogens (tertiary/aromatic N) is 2. The van der Waals surface area contributed by atoms with Gasteiger partial charge in [0.15, 0.2) is 0 Å². The molecule has 1 N–H and O–H groups in total. The van der Waals surface area contributed by atoms with Crippen molar-refractivity contribution in [3.63, 3.8) is 0 Å². The molecule has 3 fully saturated rings. The first-order valence-electron chi connectivity index (χ1n) is 8.70. The van der Waals surface area contributed by atoms with Gasteiger partial charge in [-0.2, -0.15) is 0 Å². The van der Waals surface area contributed by atoms with Crippen molar-refractivity contribution in [2.45, 2.75) is 51.7 Å². The Balaban J connectivity index is 1.32. The number of nitrogens with one attached hydrogen (secondary N) is 1. The Bertz CT molecular complexity index is 495. The number of carbonyl (C=O) groups is 1. The number of rotatable bonds is 1. The molecule has 1 amide bonds. The van der Waals surface area contributed by atoms with Crippen LogP contribution < -0.4 is 5.32 Å². The number of amidine groups is 1. The summed E-state index contributed by atoms with van der Waals surface area (Å²) in [5, 5.41) is 3.64. The van der Waals surface area contributed by atoms with Crippen LogP contribution in [0.1, 0.15) is 40.0 Å². The summed E-state index contributed by atoms with van der Waals surface area (Å²) in [6.07, 6.45) is 4.10. The number of hydrogen-bond donors (Lipinski definition) is 1. The maximum Gasteiger partial charge on any atom is 0.410 e. The first-order valence-corrected chi connectivity index (χ1v) is 8.70. The van der Waals surface area contributed by atoms with Crippen molar-refractivity contribution in [3.8, 4) is 0 Å². The van der Waals surface area contributed by atoms with Gasteiger partial charge in [-0.1, -0.05) is 0 Å². The molecule has 4 unspecified atom stereocenters. The van der Waals surface area contributed by atoms with E-state index in [1.165, 1.54) is 19.3 Å². The monoisotopic (exact) mass is 305 g/mol. The lowest BCUT2D eigenvalue weighted by molar-refractivity contribution is 0.0276. The Morgan fingerprint density at radius 1 is 1.27 bits per heavy atom. The normalized spacial score (nSPS) is 39.3. The number of carbonyl (C=O) groups excluding carboxylic acids is 1. The number of ether oxygens (including phenoxy) is 1. The Morgan fingerprint density at radius 2 is 1.95 bits per heavy atom. The molecule has 0 saturated heterocycles. The van der Waals surface area contributed by atoms with E-state index in [-0.39, 0.29) is 6.09 Å². The average Bonchev–Trinajstić information content (AvgIpc) is 2.82. The van der Waals surface area contributed by atoms with Crippen molar-refractivity contribution in [2.75, 3.05) is 19.6 Å². The number of aliphatic imine (C=N–C) groups is 1. The van der Waals surface area contributed by atoms with Crippen LogP contribution >= 0.6 is 0 Å². The molecule has 3 aliphatic carbocycles. The van der Waals surface area contributed by atoms with Crippen LogP contribution in [-0.2, 0) is 4.74 Å². The minimum atomic E-state index is -0.439. The van der Waals surface area contributed by atoms with Gasteiger partial charge in [-0.15, -0.1) is 0 Å². The van der Waals surface area contributed by atoms with Crippen LogP contribution in [-0.4, -0.2) is 48.1 Å². The SMILES string of the molecule is CC(C)(C)OC(=O)N1CCN=C(NC2C3C4CCC(C4)C23)C1. The third kappa shape index (κ3) is 2.48. The zero-order valence-electron chi connectivity index (χ0n) is 13.8. The van der Waals surface area contributed by atoms with Crippen LogP contribution in [0.2, 0.25) is 0 Å². The van der Waals surface area contributed by atoms with Crippen molar-refractivity contribution >= 4 is 11.9 Å². The lowest BCUT2D eigenvalue weighted by Gasteiger charge is -2.30. The fourth-order valence-electron chi connectivity index (χ4n) is 4.90. The van der Waals surface area contributed by atoms with E-state index in [9.17, 15) is 4.79 Å². The van der Waals surface area contributed by atoms with Crippen molar-refractivity contribution in [1.82, 2.24) is 10.2 Å². The van der Waals surface area contributed by atoms with Crippen LogP contribution in [0.4, 0.5) is 4.79 Å². The minimum absolute atomic E-state index is 0.224. The molecule has 4 aliphatic rings. The molecular weight excluding hydrogens is 278 g/mol. The Morgan fingerprint density at radius 3 is 2.59 bits per heavy atom. The predicted molar refractivity (Wildman–Crippen MR) is 84.8 cm³/mol. The lowest BCUT2D eigenvalue weighted by Crippen LogP contribution is -2.48. The van der Waals surface area contributed by atoms with Gasteiger partial charge >= 0.3 is 6.09 Å². The van der Waals surface area contributed by atoms with Crippen molar-refractivity contribution in [1.29, 1.82) is 0 Å². The first-order chi connectivity index (χ1) is 10.4. The molecular formula is C17H27N3O2. The fraction of sp³-hybridized carbons (Fsp3) is 0.882. The topological polar surface area (TPSA) is 53.9 Å². The van der Waals surface area contributed by atoms with Gasteiger partial charge in [0.2, 0.25) is 0 Å². The van der Waals surface area contributed by atoms with E-state index in [1.54, 1.807) is 4.90 Å². The first kappa shape index (κ1) is 14.3. The van der Waals surface area contributed by atoms with Crippen LogP contribution in [0.15, 0.2) is 4.99 Å². The van der Waals surface area contributed by atoms with Gasteiger partial charge in [-0.05, 0) is 63.7 Å². The van der Waals surface area contributed by atoms with E-state index in [0.717, 1.165) is 29.5 Å². The van der Waals surface area contributed by atoms with Gasteiger partial charge < -0.3 is 10.1 Å². The van der Waals surface area contributed by atoms with Gasteiger partial charge in [0.05, 0.1) is 13.1 Å².